The van der Waals surface area contributed by atoms with Gasteiger partial charge in [0.05, 0.1) is 29.2 Å². The molecule has 3 aromatic rings. The SMILES string of the molecule is c1cn(-c2cnc3cc[nH]c3c2)cn1. The zero-order valence-corrected chi connectivity index (χ0v) is 7.38. The van der Waals surface area contributed by atoms with Crippen molar-refractivity contribution in [1.82, 2.24) is 19.5 Å². The molecule has 0 saturated heterocycles. The molecule has 0 aliphatic carbocycles. The summed E-state index contributed by atoms with van der Waals surface area (Å²) in [6.45, 7) is 0. The van der Waals surface area contributed by atoms with E-state index in [9.17, 15) is 0 Å². The van der Waals surface area contributed by atoms with Crippen molar-refractivity contribution in [3.05, 3.63) is 43.2 Å². The number of rotatable bonds is 1. The zero-order chi connectivity index (χ0) is 9.38. The highest BCUT2D eigenvalue weighted by atomic mass is 15.0. The first-order chi connectivity index (χ1) is 6.93. The highest BCUT2D eigenvalue weighted by Gasteiger charge is 1.99. The normalized spacial score (nSPS) is 10.9. The molecule has 0 saturated carbocycles. The van der Waals surface area contributed by atoms with Gasteiger partial charge in [0.15, 0.2) is 0 Å². The topological polar surface area (TPSA) is 46.5 Å². The highest BCUT2D eigenvalue weighted by molar-refractivity contribution is 5.76. The Labute approximate surface area is 80.2 Å². The Morgan fingerprint density at radius 1 is 1.36 bits per heavy atom. The van der Waals surface area contributed by atoms with Gasteiger partial charge < -0.3 is 9.55 Å². The van der Waals surface area contributed by atoms with Crippen LogP contribution in [0.25, 0.3) is 16.7 Å². The molecular formula is C10H8N4. The van der Waals surface area contributed by atoms with Gasteiger partial charge >= 0.3 is 0 Å². The quantitative estimate of drug-likeness (QED) is 0.626. The van der Waals surface area contributed by atoms with E-state index in [0.29, 0.717) is 0 Å². The molecule has 0 fully saturated rings. The first-order valence-corrected chi connectivity index (χ1v) is 4.35. The molecular weight excluding hydrogens is 176 g/mol. The second kappa shape index (κ2) is 2.70. The van der Waals surface area contributed by atoms with Gasteiger partial charge in [0.25, 0.3) is 0 Å². The molecule has 68 valence electrons. The van der Waals surface area contributed by atoms with E-state index in [2.05, 4.69) is 15.0 Å². The largest absolute Gasteiger partial charge is 0.360 e. The van der Waals surface area contributed by atoms with Crippen LogP contribution in [0.2, 0.25) is 0 Å². The van der Waals surface area contributed by atoms with E-state index < -0.39 is 0 Å². The molecule has 0 atom stereocenters. The second-order valence-electron chi connectivity index (χ2n) is 3.07. The summed E-state index contributed by atoms with van der Waals surface area (Å²) in [5.41, 5.74) is 3.03. The molecule has 14 heavy (non-hydrogen) atoms. The maximum absolute atomic E-state index is 4.32. The van der Waals surface area contributed by atoms with Crippen molar-refractivity contribution in [3.8, 4) is 5.69 Å². The van der Waals surface area contributed by atoms with E-state index in [1.807, 2.05) is 35.3 Å². The van der Waals surface area contributed by atoms with Crippen LogP contribution in [0.4, 0.5) is 0 Å². The van der Waals surface area contributed by atoms with Crippen LogP contribution >= 0.6 is 0 Å². The van der Waals surface area contributed by atoms with Crippen LogP contribution in [-0.4, -0.2) is 19.5 Å². The minimum atomic E-state index is 0.980. The molecule has 3 aromatic heterocycles. The number of imidazole rings is 1. The molecule has 3 rings (SSSR count). The summed E-state index contributed by atoms with van der Waals surface area (Å²) in [5.74, 6) is 0. The molecule has 4 nitrogen and oxygen atoms in total. The average molecular weight is 184 g/mol. The summed E-state index contributed by atoms with van der Waals surface area (Å²) < 4.78 is 1.92. The van der Waals surface area contributed by atoms with Gasteiger partial charge in [-0.1, -0.05) is 0 Å². The van der Waals surface area contributed by atoms with Gasteiger partial charge in [-0.25, -0.2) is 4.98 Å². The monoisotopic (exact) mass is 184 g/mol. The molecule has 0 radical (unpaired) electrons. The van der Waals surface area contributed by atoms with Crippen LogP contribution in [0, 0.1) is 0 Å². The zero-order valence-electron chi connectivity index (χ0n) is 7.38. The van der Waals surface area contributed by atoms with Crippen LogP contribution < -0.4 is 0 Å². The Morgan fingerprint density at radius 3 is 3.21 bits per heavy atom. The van der Waals surface area contributed by atoms with Gasteiger partial charge in [-0.15, -0.1) is 0 Å². The number of hydrogen-bond acceptors (Lipinski definition) is 2. The number of hydrogen-bond donors (Lipinski definition) is 1. The number of fused-ring (bicyclic) bond motifs is 1. The summed E-state index contributed by atoms with van der Waals surface area (Å²) in [6, 6.07) is 4.00. The smallest absolute Gasteiger partial charge is 0.0992 e. The van der Waals surface area contributed by atoms with Crippen molar-refractivity contribution in [2.45, 2.75) is 0 Å². The lowest BCUT2D eigenvalue weighted by Gasteiger charge is -2.00. The molecule has 0 aliphatic heterocycles. The molecule has 4 heteroatoms. The summed E-state index contributed by atoms with van der Waals surface area (Å²) in [5, 5.41) is 0. The fourth-order valence-electron chi connectivity index (χ4n) is 1.48. The Hall–Kier alpha value is -2.10. The Morgan fingerprint density at radius 2 is 2.36 bits per heavy atom. The molecule has 0 aliphatic rings. The van der Waals surface area contributed by atoms with E-state index >= 15 is 0 Å². The van der Waals surface area contributed by atoms with E-state index in [1.165, 1.54) is 0 Å². The van der Waals surface area contributed by atoms with Crippen molar-refractivity contribution in [1.29, 1.82) is 0 Å². The molecule has 0 unspecified atom stereocenters. The van der Waals surface area contributed by atoms with Crippen LogP contribution in [-0.2, 0) is 0 Å². The van der Waals surface area contributed by atoms with Crippen molar-refractivity contribution >= 4 is 11.0 Å². The van der Waals surface area contributed by atoms with E-state index in [4.69, 9.17) is 0 Å². The third-order valence-corrected chi connectivity index (χ3v) is 2.19. The Kier molecular flexibility index (Phi) is 1.41. The number of pyridine rings is 1. The maximum atomic E-state index is 4.32. The van der Waals surface area contributed by atoms with Crippen molar-refractivity contribution in [3.63, 3.8) is 0 Å². The van der Waals surface area contributed by atoms with Gasteiger partial charge in [0.1, 0.15) is 0 Å². The van der Waals surface area contributed by atoms with Crippen molar-refractivity contribution in [2.75, 3.05) is 0 Å². The van der Waals surface area contributed by atoms with Crippen LogP contribution in [0.3, 0.4) is 0 Å². The van der Waals surface area contributed by atoms with Crippen molar-refractivity contribution in [2.24, 2.45) is 0 Å². The number of nitrogens with one attached hydrogen (secondary N) is 1. The van der Waals surface area contributed by atoms with Gasteiger partial charge in [0.2, 0.25) is 0 Å². The van der Waals surface area contributed by atoms with Gasteiger partial charge in [-0.2, -0.15) is 0 Å². The molecule has 1 N–H and O–H groups in total. The predicted octanol–water partition coefficient (Wildman–Crippen LogP) is 1.75. The third kappa shape index (κ3) is 1.01. The fourth-order valence-corrected chi connectivity index (χ4v) is 1.48. The lowest BCUT2D eigenvalue weighted by molar-refractivity contribution is 1.05. The van der Waals surface area contributed by atoms with E-state index in [-0.39, 0.29) is 0 Å². The fraction of sp³-hybridized carbons (Fsp3) is 0. The lowest BCUT2D eigenvalue weighted by Crippen LogP contribution is -1.90. The predicted molar refractivity (Wildman–Crippen MR) is 53.2 cm³/mol. The number of aromatic nitrogens is 4. The minimum Gasteiger partial charge on any atom is -0.360 e. The average Bonchev–Trinajstić information content (AvgIpc) is 2.88. The van der Waals surface area contributed by atoms with Gasteiger partial charge in [0, 0.05) is 18.6 Å². The molecule has 0 bridgehead atoms. The highest BCUT2D eigenvalue weighted by Crippen LogP contribution is 2.13. The summed E-state index contributed by atoms with van der Waals surface area (Å²) in [6.07, 6.45) is 9.11. The summed E-state index contributed by atoms with van der Waals surface area (Å²) >= 11 is 0. The number of aromatic amines is 1. The molecule has 0 amide bonds. The van der Waals surface area contributed by atoms with Crippen LogP contribution in [0.5, 0.6) is 0 Å². The Bertz CT molecular complexity index is 550. The first-order valence-electron chi connectivity index (χ1n) is 4.35. The van der Waals surface area contributed by atoms with Crippen LogP contribution in [0.15, 0.2) is 43.2 Å². The maximum Gasteiger partial charge on any atom is 0.0992 e. The summed E-state index contributed by atoms with van der Waals surface area (Å²) in [7, 11) is 0. The van der Waals surface area contributed by atoms with E-state index in [0.717, 1.165) is 16.7 Å². The van der Waals surface area contributed by atoms with Crippen LogP contribution in [0.1, 0.15) is 0 Å². The molecule has 0 aromatic carbocycles. The van der Waals surface area contributed by atoms with E-state index in [1.54, 1.807) is 12.5 Å². The standard InChI is InChI=1S/C10H8N4/c1-2-12-10-5-8(6-13-9(1)10)14-4-3-11-7-14/h1-7,12H. The number of H-pyrrole nitrogens is 1. The number of nitrogens with zero attached hydrogens (tertiary/aromatic N) is 3. The van der Waals surface area contributed by atoms with Gasteiger partial charge in [-0.3, -0.25) is 4.98 Å². The summed E-state index contributed by atoms with van der Waals surface area (Å²) in [4.78, 5) is 11.4. The first kappa shape index (κ1) is 7.32. The molecule has 3 heterocycles. The lowest BCUT2D eigenvalue weighted by atomic mass is 10.3. The van der Waals surface area contributed by atoms with Gasteiger partial charge in [-0.05, 0) is 12.1 Å². The van der Waals surface area contributed by atoms with Crippen molar-refractivity contribution < 1.29 is 0 Å². The molecule has 0 spiro atoms. The minimum absolute atomic E-state index is 0.980. The third-order valence-electron chi connectivity index (χ3n) is 2.19. The second-order valence-corrected chi connectivity index (χ2v) is 3.07. The Balaban J connectivity index is 2.23.